The highest BCUT2D eigenvalue weighted by Crippen LogP contribution is 2.34. The number of benzene rings is 1. The summed E-state index contributed by atoms with van der Waals surface area (Å²) in [5.74, 6) is 0.397. The highest BCUT2D eigenvalue weighted by atomic mass is 35.5. The normalized spacial score (nSPS) is 16.5. The lowest BCUT2D eigenvalue weighted by atomic mass is 9.99. The molecule has 0 fully saturated rings. The lowest BCUT2D eigenvalue weighted by molar-refractivity contribution is -0.134. The summed E-state index contributed by atoms with van der Waals surface area (Å²) in [6, 6.07) is 5.37. The van der Waals surface area contributed by atoms with Crippen LogP contribution in [0.4, 0.5) is 0 Å². The fraction of sp³-hybridized carbons (Fsp3) is 0.250. The summed E-state index contributed by atoms with van der Waals surface area (Å²) in [5, 5.41) is 0.625. The van der Waals surface area contributed by atoms with Gasteiger partial charge < -0.3 is 9.47 Å². The van der Waals surface area contributed by atoms with E-state index in [1.807, 2.05) is 6.07 Å². The van der Waals surface area contributed by atoms with E-state index < -0.39 is 0 Å². The molecule has 3 nitrogen and oxygen atoms in total. The van der Waals surface area contributed by atoms with E-state index in [9.17, 15) is 4.79 Å². The number of hydrogen-bond acceptors (Lipinski definition) is 3. The van der Waals surface area contributed by atoms with Gasteiger partial charge in [-0.2, -0.15) is 0 Å². The van der Waals surface area contributed by atoms with Gasteiger partial charge in [-0.3, -0.25) is 0 Å². The van der Waals surface area contributed by atoms with Crippen molar-refractivity contribution in [2.75, 3.05) is 13.7 Å². The number of hydrogen-bond donors (Lipinski definition) is 0. The zero-order chi connectivity index (χ0) is 11.5. The molecule has 0 aliphatic carbocycles. The highest BCUT2D eigenvalue weighted by Gasteiger charge is 2.16. The average molecular weight is 239 g/mol. The molecule has 0 unspecified atom stereocenters. The number of carbonyl (C=O) groups is 1. The maximum Gasteiger partial charge on any atom is 0.330 e. The molecular weight excluding hydrogens is 228 g/mol. The van der Waals surface area contributed by atoms with Crippen LogP contribution in [0.2, 0.25) is 5.02 Å². The largest absolute Gasteiger partial charge is 0.493 e. The molecule has 1 aliphatic heterocycles. The predicted octanol–water partition coefficient (Wildman–Crippen LogP) is 2.68. The third-order valence-corrected chi connectivity index (χ3v) is 2.64. The standard InChI is InChI=1S/C12H11ClO3/c1-15-12(14)6-8-4-5-16-11-3-2-9(13)7-10(8)11/h2-3,6-7H,4-5H2,1H3/b8-6-. The second-order valence-corrected chi connectivity index (χ2v) is 3.87. The van der Waals surface area contributed by atoms with Crippen LogP contribution < -0.4 is 4.74 Å². The molecule has 1 aliphatic rings. The summed E-state index contributed by atoms with van der Waals surface area (Å²) in [6.45, 7) is 0.567. The van der Waals surface area contributed by atoms with Crippen molar-refractivity contribution < 1.29 is 14.3 Å². The van der Waals surface area contributed by atoms with E-state index in [0.717, 1.165) is 16.9 Å². The summed E-state index contributed by atoms with van der Waals surface area (Å²) >= 11 is 5.91. The Kier molecular flexibility index (Phi) is 3.15. The zero-order valence-corrected chi connectivity index (χ0v) is 9.58. The molecule has 0 spiro atoms. The molecule has 0 saturated carbocycles. The second kappa shape index (κ2) is 4.58. The van der Waals surface area contributed by atoms with Gasteiger partial charge in [-0.05, 0) is 23.8 Å². The Morgan fingerprint density at radius 2 is 2.38 bits per heavy atom. The van der Waals surface area contributed by atoms with E-state index >= 15 is 0 Å². The van der Waals surface area contributed by atoms with E-state index in [-0.39, 0.29) is 5.97 Å². The van der Waals surface area contributed by atoms with Gasteiger partial charge >= 0.3 is 5.97 Å². The van der Waals surface area contributed by atoms with Crippen LogP contribution in [0.1, 0.15) is 12.0 Å². The number of fused-ring (bicyclic) bond motifs is 1. The van der Waals surface area contributed by atoms with Gasteiger partial charge in [-0.15, -0.1) is 0 Å². The maximum atomic E-state index is 11.2. The van der Waals surface area contributed by atoms with E-state index in [1.165, 1.54) is 13.2 Å². The minimum Gasteiger partial charge on any atom is -0.493 e. The quantitative estimate of drug-likeness (QED) is 0.557. The first kappa shape index (κ1) is 11.0. The number of rotatable bonds is 1. The predicted molar refractivity (Wildman–Crippen MR) is 61.6 cm³/mol. The summed E-state index contributed by atoms with van der Waals surface area (Å²) in [6.07, 6.45) is 2.17. The van der Waals surface area contributed by atoms with Crippen LogP contribution in [0.3, 0.4) is 0 Å². The van der Waals surface area contributed by atoms with Crippen molar-refractivity contribution in [1.29, 1.82) is 0 Å². The van der Waals surface area contributed by atoms with Crippen molar-refractivity contribution in [3.05, 3.63) is 34.9 Å². The SMILES string of the molecule is COC(=O)/C=C1/CCOc2ccc(Cl)cc21. The summed E-state index contributed by atoms with van der Waals surface area (Å²) in [7, 11) is 1.36. The van der Waals surface area contributed by atoms with Gasteiger partial charge in [-0.25, -0.2) is 4.79 Å². The van der Waals surface area contributed by atoms with Crippen LogP contribution >= 0.6 is 11.6 Å². The van der Waals surface area contributed by atoms with Gasteiger partial charge in [0.25, 0.3) is 0 Å². The van der Waals surface area contributed by atoms with Crippen molar-refractivity contribution in [2.45, 2.75) is 6.42 Å². The number of ether oxygens (including phenoxy) is 2. The van der Waals surface area contributed by atoms with Crippen LogP contribution in [-0.4, -0.2) is 19.7 Å². The van der Waals surface area contributed by atoms with Crippen LogP contribution in [0.25, 0.3) is 5.57 Å². The smallest absolute Gasteiger partial charge is 0.330 e. The molecule has 0 N–H and O–H groups in total. The van der Waals surface area contributed by atoms with Gasteiger partial charge in [-0.1, -0.05) is 11.6 Å². The van der Waals surface area contributed by atoms with Crippen molar-refractivity contribution in [3.63, 3.8) is 0 Å². The summed E-state index contributed by atoms with van der Waals surface area (Å²) in [5.41, 5.74) is 1.76. The Hall–Kier alpha value is -1.48. The fourth-order valence-corrected chi connectivity index (χ4v) is 1.81. The van der Waals surface area contributed by atoms with Gasteiger partial charge in [0, 0.05) is 23.1 Å². The molecule has 1 aromatic rings. The van der Waals surface area contributed by atoms with Crippen LogP contribution in [0.15, 0.2) is 24.3 Å². The van der Waals surface area contributed by atoms with Crippen molar-refractivity contribution in [3.8, 4) is 5.75 Å². The Bertz CT molecular complexity index is 452. The molecule has 0 radical (unpaired) electrons. The topological polar surface area (TPSA) is 35.5 Å². The molecule has 0 aromatic heterocycles. The third-order valence-electron chi connectivity index (χ3n) is 2.41. The Morgan fingerprint density at radius 3 is 3.12 bits per heavy atom. The maximum absolute atomic E-state index is 11.2. The Balaban J connectivity index is 2.43. The zero-order valence-electron chi connectivity index (χ0n) is 8.83. The average Bonchev–Trinajstić information content (AvgIpc) is 2.29. The van der Waals surface area contributed by atoms with Crippen LogP contribution in [-0.2, 0) is 9.53 Å². The van der Waals surface area contributed by atoms with Gasteiger partial charge in [0.15, 0.2) is 0 Å². The Morgan fingerprint density at radius 1 is 1.56 bits per heavy atom. The molecule has 84 valence electrons. The summed E-state index contributed by atoms with van der Waals surface area (Å²) in [4.78, 5) is 11.2. The van der Waals surface area contributed by atoms with Gasteiger partial charge in [0.2, 0.25) is 0 Å². The van der Waals surface area contributed by atoms with Gasteiger partial charge in [0.1, 0.15) is 5.75 Å². The lowest BCUT2D eigenvalue weighted by Gasteiger charge is -2.19. The molecule has 1 heterocycles. The van der Waals surface area contributed by atoms with E-state index in [2.05, 4.69) is 4.74 Å². The molecule has 0 bridgehead atoms. The lowest BCUT2D eigenvalue weighted by Crippen LogP contribution is -2.09. The second-order valence-electron chi connectivity index (χ2n) is 3.43. The molecule has 1 aromatic carbocycles. The minimum atomic E-state index is -0.358. The van der Waals surface area contributed by atoms with Crippen molar-refractivity contribution >= 4 is 23.1 Å². The third kappa shape index (κ3) is 2.19. The molecule has 4 heteroatoms. The van der Waals surface area contributed by atoms with E-state index in [4.69, 9.17) is 16.3 Å². The first-order valence-corrected chi connectivity index (χ1v) is 5.30. The summed E-state index contributed by atoms with van der Waals surface area (Å²) < 4.78 is 10.1. The first-order valence-electron chi connectivity index (χ1n) is 4.92. The number of esters is 1. The Labute approximate surface area is 98.6 Å². The van der Waals surface area contributed by atoms with E-state index in [1.54, 1.807) is 12.1 Å². The van der Waals surface area contributed by atoms with Crippen LogP contribution in [0, 0.1) is 0 Å². The number of halogens is 1. The highest BCUT2D eigenvalue weighted by molar-refractivity contribution is 6.30. The minimum absolute atomic E-state index is 0.358. The molecule has 0 amide bonds. The van der Waals surface area contributed by atoms with Gasteiger partial charge in [0.05, 0.1) is 13.7 Å². The number of methoxy groups -OCH3 is 1. The van der Waals surface area contributed by atoms with Crippen LogP contribution in [0.5, 0.6) is 5.75 Å². The first-order chi connectivity index (χ1) is 7.70. The molecule has 2 rings (SSSR count). The van der Waals surface area contributed by atoms with Crippen molar-refractivity contribution in [1.82, 2.24) is 0 Å². The fourth-order valence-electron chi connectivity index (χ4n) is 1.64. The van der Waals surface area contributed by atoms with E-state index in [0.29, 0.717) is 18.1 Å². The number of carbonyl (C=O) groups excluding carboxylic acids is 1. The molecular formula is C12H11ClO3. The molecule has 0 atom stereocenters. The van der Waals surface area contributed by atoms with Crippen molar-refractivity contribution in [2.24, 2.45) is 0 Å². The monoisotopic (exact) mass is 238 g/mol. The molecule has 0 saturated heterocycles. The molecule has 16 heavy (non-hydrogen) atoms.